The maximum absolute atomic E-state index is 11.9. The van der Waals surface area contributed by atoms with Gasteiger partial charge in [0, 0.05) is 0 Å². The van der Waals surface area contributed by atoms with Gasteiger partial charge in [-0.05, 0) is 6.26 Å². The maximum Gasteiger partial charge on any atom is 0.437 e. The number of halogens is 3. The minimum Gasteiger partial charge on any atom is -0.437 e. The minimum absolute atomic E-state index is 0.197. The van der Waals surface area contributed by atoms with Crippen molar-refractivity contribution in [3.8, 4) is 0 Å². The quantitative estimate of drug-likeness (QED) is 0.625. The van der Waals surface area contributed by atoms with E-state index in [0.29, 0.717) is 0 Å². The molecule has 1 aromatic rings. The van der Waals surface area contributed by atoms with E-state index in [9.17, 15) is 13.2 Å². The zero-order valence-corrected chi connectivity index (χ0v) is 6.29. The van der Waals surface area contributed by atoms with Crippen LogP contribution in [-0.4, -0.2) is 11.2 Å². The first-order chi connectivity index (χ1) is 5.05. The monoisotopic (exact) mass is 183 g/mol. The van der Waals surface area contributed by atoms with Gasteiger partial charge in [-0.15, -0.1) is 0 Å². The molecule has 0 aliphatic carbocycles. The number of aromatic nitrogens is 1. The number of alkyl halides is 3. The van der Waals surface area contributed by atoms with Gasteiger partial charge in [0.05, 0.1) is 0 Å². The van der Waals surface area contributed by atoms with E-state index in [-0.39, 0.29) is 5.09 Å². The third-order valence-electron chi connectivity index (χ3n) is 0.989. The summed E-state index contributed by atoms with van der Waals surface area (Å²) in [5.41, 5.74) is -0.954. The number of rotatable bonds is 1. The molecular weight excluding hydrogens is 179 g/mol. The lowest BCUT2D eigenvalue weighted by Crippen LogP contribution is -2.06. The Morgan fingerprint density at radius 1 is 1.55 bits per heavy atom. The number of oxazole rings is 1. The lowest BCUT2D eigenvalue weighted by molar-refractivity contribution is -0.144. The molecule has 0 fully saturated rings. The Bertz CT molecular complexity index is 244. The van der Waals surface area contributed by atoms with Crippen LogP contribution < -0.4 is 0 Å². The highest BCUT2D eigenvalue weighted by atomic mass is 32.2. The van der Waals surface area contributed by atoms with Gasteiger partial charge in [-0.3, -0.25) is 0 Å². The maximum atomic E-state index is 11.9. The number of nitrogens with zero attached hydrogens (tertiary/aromatic N) is 1. The van der Waals surface area contributed by atoms with E-state index in [1.807, 2.05) is 0 Å². The molecule has 0 aromatic carbocycles. The van der Waals surface area contributed by atoms with Crippen molar-refractivity contribution < 1.29 is 17.6 Å². The van der Waals surface area contributed by atoms with E-state index in [1.165, 1.54) is 6.26 Å². The Balaban J connectivity index is 3.02. The average Bonchev–Trinajstić information content (AvgIpc) is 2.31. The summed E-state index contributed by atoms with van der Waals surface area (Å²) in [5.74, 6) is 0. The Labute approximate surface area is 64.8 Å². The van der Waals surface area contributed by atoms with Crippen molar-refractivity contribution in [2.45, 2.75) is 11.3 Å². The molecule has 0 spiro atoms. The lowest BCUT2D eigenvalue weighted by atomic mass is 10.5. The first-order valence-corrected chi connectivity index (χ1v) is 3.83. The summed E-state index contributed by atoms with van der Waals surface area (Å²) in [7, 11) is 0. The SMILES string of the molecule is CSc1ocnc1C(F)(F)F. The molecule has 6 heteroatoms. The van der Waals surface area contributed by atoms with Gasteiger partial charge in [0.2, 0.25) is 0 Å². The molecule has 11 heavy (non-hydrogen) atoms. The molecular formula is C5H4F3NOS. The third kappa shape index (κ3) is 1.68. The predicted molar refractivity (Wildman–Crippen MR) is 33.3 cm³/mol. The lowest BCUT2D eigenvalue weighted by Gasteiger charge is -2.01. The van der Waals surface area contributed by atoms with Crippen molar-refractivity contribution >= 4 is 11.8 Å². The van der Waals surface area contributed by atoms with E-state index in [0.717, 1.165) is 18.2 Å². The minimum atomic E-state index is -4.41. The van der Waals surface area contributed by atoms with Crippen molar-refractivity contribution in [3.05, 3.63) is 12.1 Å². The molecule has 0 amide bonds. The predicted octanol–water partition coefficient (Wildman–Crippen LogP) is 2.42. The molecule has 0 saturated carbocycles. The second-order valence-corrected chi connectivity index (χ2v) is 2.47. The Kier molecular flexibility index (Phi) is 2.12. The highest BCUT2D eigenvalue weighted by Crippen LogP contribution is 2.34. The number of hydrogen-bond donors (Lipinski definition) is 0. The van der Waals surface area contributed by atoms with Crippen molar-refractivity contribution in [1.82, 2.24) is 4.98 Å². The van der Waals surface area contributed by atoms with Gasteiger partial charge in [0.15, 0.2) is 17.2 Å². The highest BCUT2D eigenvalue weighted by molar-refractivity contribution is 7.98. The fraction of sp³-hybridized carbons (Fsp3) is 0.400. The molecule has 0 radical (unpaired) electrons. The summed E-state index contributed by atoms with van der Waals surface area (Å²) in [6, 6.07) is 0. The van der Waals surface area contributed by atoms with Crippen LogP contribution in [0, 0.1) is 0 Å². The Morgan fingerprint density at radius 3 is 2.55 bits per heavy atom. The smallest absolute Gasteiger partial charge is 0.437 e. The molecule has 0 aliphatic heterocycles. The van der Waals surface area contributed by atoms with Gasteiger partial charge < -0.3 is 4.42 Å². The normalized spacial score (nSPS) is 12.0. The van der Waals surface area contributed by atoms with Gasteiger partial charge in [0.25, 0.3) is 0 Å². The third-order valence-corrected chi connectivity index (χ3v) is 1.65. The van der Waals surface area contributed by atoms with Gasteiger partial charge >= 0.3 is 6.18 Å². The first kappa shape index (κ1) is 8.45. The molecule has 0 atom stereocenters. The molecule has 0 N–H and O–H groups in total. The molecule has 2 nitrogen and oxygen atoms in total. The number of hydrogen-bond acceptors (Lipinski definition) is 3. The van der Waals surface area contributed by atoms with Crippen LogP contribution in [0.3, 0.4) is 0 Å². The van der Waals surface area contributed by atoms with Crippen molar-refractivity contribution in [2.24, 2.45) is 0 Å². The van der Waals surface area contributed by atoms with Crippen LogP contribution in [-0.2, 0) is 6.18 Å². The first-order valence-electron chi connectivity index (χ1n) is 2.60. The second kappa shape index (κ2) is 2.77. The van der Waals surface area contributed by atoms with Gasteiger partial charge in [0.1, 0.15) is 0 Å². The van der Waals surface area contributed by atoms with Crippen LogP contribution in [0.25, 0.3) is 0 Å². The topological polar surface area (TPSA) is 26.0 Å². The molecule has 0 bridgehead atoms. The standard InChI is InChI=1S/C5H4F3NOS/c1-11-4-3(5(6,7)8)9-2-10-4/h2H,1H3. The van der Waals surface area contributed by atoms with Crippen molar-refractivity contribution in [1.29, 1.82) is 0 Å². The second-order valence-electron chi connectivity index (χ2n) is 1.69. The van der Waals surface area contributed by atoms with Crippen molar-refractivity contribution in [3.63, 3.8) is 0 Å². The summed E-state index contributed by atoms with van der Waals surface area (Å²) in [4.78, 5) is 3.05. The molecule has 62 valence electrons. The van der Waals surface area contributed by atoms with Gasteiger partial charge in [-0.2, -0.15) is 13.2 Å². The zero-order chi connectivity index (χ0) is 8.48. The van der Waals surface area contributed by atoms with Crippen LogP contribution in [0.15, 0.2) is 15.9 Å². The van der Waals surface area contributed by atoms with E-state index < -0.39 is 11.9 Å². The summed E-state index contributed by atoms with van der Waals surface area (Å²) in [6.07, 6.45) is -2.13. The van der Waals surface area contributed by atoms with Gasteiger partial charge in [-0.25, -0.2) is 4.98 Å². The molecule has 0 saturated heterocycles. The van der Waals surface area contributed by atoms with E-state index in [4.69, 9.17) is 0 Å². The van der Waals surface area contributed by atoms with Crippen LogP contribution in [0.4, 0.5) is 13.2 Å². The summed E-state index contributed by atoms with van der Waals surface area (Å²) in [6.45, 7) is 0. The van der Waals surface area contributed by atoms with E-state index in [2.05, 4.69) is 9.40 Å². The molecule has 0 unspecified atom stereocenters. The average molecular weight is 183 g/mol. The summed E-state index contributed by atoms with van der Waals surface area (Å²) < 4.78 is 40.3. The van der Waals surface area contributed by atoms with Crippen LogP contribution in [0.1, 0.15) is 5.69 Å². The fourth-order valence-electron chi connectivity index (χ4n) is 0.569. The Morgan fingerprint density at radius 2 is 2.18 bits per heavy atom. The number of thioether (sulfide) groups is 1. The zero-order valence-electron chi connectivity index (χ0n) is 5.47. The van der Waals surface area contributed by atoms with Crippen molar-refractivity contribution in [2.75, 3.05) is 6.26 Å². The van der Waals surface area contributed by atoms with E-state index >= 15 is 0 Å². The van der Waals surface area contributed by atoms with Crippen LogP contribution in [0.2, 0.25) is 0 Å². The highest BCUT2D eigenvalue weighted by Gasteiger charge is 2.37. The summed E-state index contributed by atoms with van der Waals surface area (Å²) >= 11 is 0.880. The van der Waals surface area contributed by atoms with E-state index in [1.54, 1.807) is 0 Å². The summed E-state index contributed by atoms with van der Waals surface area (Å²) in [5, 5.41) is -0.197. The fourth-order valence-corrected chi connectivity index (χ4v) is 1.07. The molecule has 0 aliphatic rings. The Hall–Kier alpha value is -0.650. The van der Waals surface area contributed by atoms with Crippen LogP contribution >= 0.6 is 11.8 Å². The molecule has 1 heterocycles. The van der Waals surface area contributed by atoms with Gasteiger partial charge in [-0.1, -0.05) is 11.8 Å². The molecule has 1 aromatic heterocycles. The largest absolute Gasteiger partial charge is 0.437 e. The van der Waals surface area contributed by atoms with Crippen LogP contribution in [0.5, 0.6) is 0 Å². The molecule has 1 rings (SSSR count).